The van der Waals surface area contributed by atoms with Crippen LogP contribution in [0.1, 0.15) is 0 Å². The lowest BCUT2D eigenvalue weighted by atomic mass is 10.2. The molecular weight excluding hydrogens is 448 g/mol. The van der Waals surface area contributed by atoms with Crippen LogP contribution in [0.2, 0.25) is 0 Å². The summed E-state index contributed by atoms with van der Waals surface area (Å²) in [5, 5.41) is 0.543. The maximum Gasteiger partial charge on any atom is 0.648 e. The third-order valence-electron chi connectivity index (χ3n) is 3.79. The number of para-hydroxylation sites is 2. The minimum atomic E-state index is -4.13. The number of halogens is 2. The molecule has 8 heteroatoms. The van der Waals surface area contributed by atoms with Crippen molar-refractivity contribution in [3.8, 4) is 17.4 Å². The number of hydrogen-bond donors (Lipinski definition) is 1. The highest BCUT2D eigenvalue weighted by Crippen LogP contribution is 2.51. The van der Waals surface area contributed by atoms with Gasteiger partial charge >= 0.3 is 7.82 Å². The summed E-state index contributed by atoms with van der Waals surface area (Å²) in [6.45, 7) is 0. The number of H-pyrrole nitrogens is 1. The number of benzene rings is 3. The van der Waals surface area contributed by atoms with Crippen LogP contribution in [0.15, 0.2) is 83.3 Å². The largest absolute Gasteiger partial charge is 0.648 e. The highest BCUT2D eigenvalue weighted by atomic mass is 79.9. The zero-order valence-electron chi connectivity index (χ0n) is 14.3. The van der Waals surface area contributed by atoms with Crippen molar-refractivity contribution in [1.29, 1.82) is 0 Å². The molecule has 0 aliphatic carbocycles. The van der Waals surface area contributed by atoms with Crippen molar-refractivity contribution in [1.82, 2.24) is 4.98 Å². The van der Waals surface area contributed by atoms with Gasteiger partial charge in [-0.1, -0.05) is 36.4 Å². The lowest BCUT2D eigenvalue weighted by Gasteiger charge is -2.18. The smallest absolute Gasteiger partial charge is 0.386 e. The van der Waals surface area contributed by atoms with Gasteiger partial charge in [0.15, 0.2) is 0 Å². The second kappa shape index (κ2) is 7.70. The molecule has 0 unspecified atom stereocenters. The first kappa shape index (κ1) is 18.6. The zero-order valence-corrected chi connectivity index (χ0v) is 16.8. The molecule has 5 nitrogen and oxygen atoms in total. The molecule has 4 aromatic rings. The summed E-state index contributed by atoms with van der Waals surface area (Å²) in [6.07, 6.45) is 0. The van der Waals surface area contributed by atoms with Crippen LogP contribution in [-0.2, 0) is 4.57 Å². The summed E-state index contributed by atoms with van der Waals surface area (Å²) in [6, 6.07) is 21.3. The van der Waals surface area contributed by atoms with Crippen molar-refractivity contribution in [2.24, 2.45) is 0 Å². The van der Waals surface area contributed by atoms with Gasteiger partial charge in [0.25, 0.3) is 0 Å². The number of aromatic nitrogens is 1. The average molecular weight is 462 g/mol. The van der Waals surface area contributed by atoms with Crippen LogP contribution >= 0.6 is 23.8 Å². The minimum Gasteiger partial charge on any atom is -0.386 e. The Morgan fingerprint density at radius 1 is 0.821 bits per heavy atom. The molecule has 28 heavy (non-hydrogen) atoms. The minimum absolute atomic E-state index is 0.107. The molecular formula is C20H14BrFNO4P. The number of nitrogens with one attached hydrogen (secondary N) is 1. The van der Waals surface area contributed by atoms with Crippen molar-refractivity contribution in [2.45, 2.75) is 0 Å². The van der Waals surface area contributed by atoms with Gasteiger partial charge in [-0.05, 0) is 58.4 Å². The van der Waals surface area contributed by atoms with Crippen molar-refractivity contribution in [3.63, 3.8) is 0 Å². The fourth-order valence-electron chi connectivity index (χ4n) is 2.56. The maximum absolute atomic E-state index is 13.6. The maximum atomic E-state index is 13.6. The fourth-order valence-corrected chi connectivity index (χ4v) is 4.42. The lowest BCUT2D eigenvalue weighted by molar-refractivity contribution is 0.295. The molecule has 0 bridgehead atoms. The molecule has 0 saturated carbocycles. The highest BCUT2D eigenvalue weighted by molar-refractivity contribution is 9.10. The summed E-state index contributed by atoms with van der Waals surface area (Å²) >= 11 is 3.35. The Bertz CT molecular complexity index is 1110. The summed E-state index contributed by atoms with van der Waals surface area (Å²) in [5.74, 6) is 0.346. The van der Waals surface area contributed by atoms with Crippen LogP contribution < -0.4 is 13.6 Å². The van der Waals surface area contributed by atoms with E-state index >= 15 is 0 Å². The monoisotopic (exact) mass is 461 g/mol. The molecule has 0 saturated heterocycles. The molecule has 1 N–H and O–H groups in total. The van der Waals surface area contributed by atoms with E-state index in [1.807, 2.05) is 0 Å². The second-order valence-electron chi connectivity index (χ2n) is 5.81. The molecule has 142 valence electrons. The molecule has 0 amide bonds. The average Bonchev–Trinajstić information content (AvgIpc) is 2.98. The van der Waals surface area contributed by atoms with Gasteiger partial charge in [0.05, 0.1) is 4.47 Å². The van der Waals surface area contributed by atoms with E-state index in [0.29, 0.717) is 26.9 Å². The number of aromatic amines is 1. The summed E-state index contributed by atoms with van der Waals surface area (Å²) in [7, 11) is -4.13. The number of phosphoric acid groups is 1. The van der Waals surface area contributed by atoms with E-state index in [4.69, 9.17) is 13.6 Å². The van der Waals surface area contributed by atoms with Crippen molar-refractivity contribution >= 4 is 34.7 Å². The van der Waals surface area contributed by atoms with Gasteiger partial charge in [-0.25, -0.2) is 4.39 Å². The molecule has 0 spiro atoms. The van der Waals surface area contributed by atoms with Gasteiger partial charge in [-0.3, -0.25) is 0 Å². The Hall–Kier alpha value is -2.76. The molecule has 4 rings (SSSR count). The molecule has 1 heterocycles. The fraction of sp³-hybridized carbons (Fsp3) is 0. The Labute approximate surface area is 168 Å². The van der Waals surface area contributed by atoms with Crippen molar-refractivity contribution in [3.05, 3.63) is 89.2 Å². The van der Waals surface area contributed by atoms with Crippen molar-refractivity contribution in [2.75, 3.05) is 0 Å². The Balaban J connectivity index is 1.71. The third-order valence-corrected chi connectivity index (χ3v) is 5.85. The van der Waals surface area contributed by atoms with E-state index in [-0.39, 0.29) is 5.88 Å². The molecule has 0 fully saturated rings. The van der Waals surface area contributed by atoms with Gasteiger partial charge in [0.2, 0.25) is 5.88 Å². The number of fused-ring (bicyclic) bond motifs is 1. The third kappa shape index (κ3) is 4.06. The first-order valence-electron chi connectivity index (χ1n) is 8.28. The predicted molar refractivity (Wildman–Crippen MR) is 108 cm³/mol. The van der Waals surface area contributed by atoms with E-state index in [1.165, 1.54) is 12.1 Å². The van der Waals surface area contributed by atoms with Crippen LogP contribution in [0.5, 0.6) is 17.4 Å². The quantitative estimate of drug-likeness (QED) is 0.324. The molecule has 3 aromatic carbocycles. The molecule has 0 radical (unpaired) electrons. The van der Waals surface area contributed by atoms with E-state index in [1.54, 1.807) is 66.7 Å². The SMILES string of the molecule is O=P(Oc1ccccc1)(Oc1ccccc1)Oc1[nH]c2ccc(F)cc2c1Br. The van der Waals surface area contributed by atoms with E-state index in [0.717, 1.165) is 0 Å². The van der Waals surface area contributed by atoms with Gasteiger partial charge in [-0.2, -0.15) is 4.57 Å². The van der Waals surface area contributed by atoms with Gasteiger partial charge < -0.3 is 18.6 Å². The normalized spacial score (nSPS) is 11.4. The summed E-state index contributed by atoms with van der Waals surface area (Å²) in [4.78, 5) is 2.95. The molecule has 0 aliphatic rings. The van der Waals surface area contributed by atoms with Crippen LogP contribution in [0, 0.1) is 5.82 Å². The Morgan fingerprint density at radius 3 is 1.96 bits per heavy atom. The second-order valence-corrected chi connectivity index (χ2v) is 8.04. The number of rotatable bonds is 6. The molecule has 1 aromatic heterocycles. The van der Waals surface area contributed by atoms with Crippen LogP contribution in [-0.4, -0.2) is 4.98 Å². The van der Waals surface area contributed by atoms with Crippen LogP contribution in [0.25, 0.3) is 10.9 Å². The molecule has 0 atom stereocenters. The number of phosphoric ester groups is 1. The van der Waals surface area contributed by atoms with Crippen LogP contribution in [0.3, 0.4) is 0 Å². The lowest BCUT2D eigenvalue weighted by Crippen LogP contribution is -2.08. The van der Waals surface area contributed by atoms with Gasteiger partial charge in [-0.15, -0.1) is 0 Å². The van der Waals surface area contributed by atoms with Gasteiger partial charge in [0.1, 0.15) is 17.3 Å². The zero-order chi connectivity index (χ0) is 19.6. The Kier molecular flexibility index (Phi) is 5.11. The predicted octanol–water partition coefficient (Wildman–Crippen LogP) is 6.71. The standard InChI is InChI=1S/C20H14BrFNO4P/c21-19-17-13-14(22)11-12-18(17)23-20(19)27-28(24,25-15-7-3-1-4-8-15)26-16-9-5-2-6-10-16/h1-13,23H. The Morgan fingerprint density at radius 2 is 1.39 bits per heavy atom. The molecule has 0 aliphatic heterocycles. The first-order chi connectivity index (χ1) is 13.5. The van der Waals surface area contributed by atoms with E-state index < -0.39 is 13.6 Å². The highest BCUT2D eigenvalue weighted by Gasteiger charge is 2.35. The first-order valence-corrected chi connectivity index (χ1v) is 10.5. The summed E-state index contributed by atoms with van der Waals surface area (Å²) < 4.78 is 44.2. The number of hydrogen-bond acceptors (Lipinski definition) is 4. The van der Waals surface area contributed by atoms with E-state index in [2.05, 4.69) is 20.9 Å². The van der Waals surface area contributed by atoms with Crippen molar-refractivity contribution < 1.29 is 22.5 Å². The van der Waals surface area contributed by atoms with Gasteiger partial charge in [0, 0.05) is 10.9 Å². The van der Waals surface area contributed by atoms with Crippen LogP contribution in [0.4, 0.5) is 4.39 Å². The topological polar surface area (TPSA) is 60.6 Å². The summed E-state index contributed by atoms with van der Waals surface area (Å²) in [5.41, 5.74) is 0.606. The van der Waals surface area contributed by atoms with E-state index in [9.17, 15) is 8.96 Å².